The number of benzene rings is 2. The third-order valence-corrected chi connectivity index (χ3v) is 5.31. The fourth-order valence-electron chi connectivity index (χ4n) is 2.23. The molecule has 144 valence electrons. The van der Waals surface area contributed by atoms with Crippen LogP contribution in [0.25, 0.3) is 0 Å². The van der Waals surface area contributed by atoms with Crippen molar-refractivity contribution < 1.29 is 17.9 Å². The fraction of sp³-hybridized carbons (Fsp3) is 0.211. The Hall–Kier alpha value is -2.32. The van der Waals surface area contributed by atoms with Gasteiger partial charge < -0.3 is 10.1 Å². The molecule has 6 nitrogen and oxygen atoms in total. The normalized spacial score (nSPS) is 10.8. The smallest absolute Gasteiger partial charge is 0.261 e. The van der Waals surface area contributed by atoms with E-state index in [4.69, 9.17) is 4.74 Å². The van der Waals surface area contributed by atoms with Crippen LogP contribution in [0.2, 0.25) is 0 Å². The number of sulfonamides is 1. The lowest BCUT2D eigenvalue weighted by Crippen LogP contribution is -2.14. The summed E-state index contributed by atoms with van der Waals surface area (Å²) in [6, 6.07) is 11.0. The molecule has 0 bridgehead atoms. The number of hydrogen-bond donors (Lipinski definition) is 2. The molecule has 2 N–H and O–H groups in total. The average Bonchev–Trinajstić information content (AvgIpc) is 2.56. The van der Waals surface area contributed by atoms with Gasteiger partial charge >= 0.3 is 0 Å². The van der Waals surface area contributed by atoms with Crippen LogP contribution in [0.1, 0.15) is 20.8 Å². The Morgan fingerprint density at radius 3 is 2.52 bits per heavy atom. The van der Waals surface area contributed by atoms with Crippen molar-refractivity contribution in [3.63, 3.8) is 0 Å². The van der Waals surface area contributed by atoms with Crippen LogP contribution < -0.4 is 14.8 Å². The Morgan fingerprint density at radius 2 is 1.89 bits per heavy atom. The zero-order chi connectivity index (χ0) is 20.0. The van der Waals surface area contributed by atoms with Gasteiger partial charge in [-0.15, -0.1) is 0 Å². The molecule has 0 saturated carbocycles. The summed E-state index contributed by atoms with van der Waals surface area (Å²) in [5.74, 6) is 0.317. The number of carbonyl (C=O) groups excluding carboxylic acids is 1. The molecular formula is C19H21BrN2O4S. The maximum Gasteiger partial charge on any atom is 0.261 e. The monoisotopic (exact) mass is 452 g/mol. The van der Waals surface area contributed by atoms with E-state index in [1.807, 2.05) is 6.92 Å². The van der Waals surface area contributed by atoms with E-state index in [9.17, 15) is 13.2 Å². The third-order valence-electron chi connectivity index (χ3n) is 3.32. The maximum atomic E-state index is 12.7. The maximum absolute atomic E-state index is 12.7. The first-order valence-corrected chi connectivity index (χ1v) is 10.5. The lowest BCUT2D eigenvalue weighted by atomic mass is 10.3. The molecule has 0 unspecified atom stereocenters. The standard InChI is InChI=1S/C19H21BrN2O4S/c1-4-26-18-9-8-15(12-17(18)20)22-27(24,25)16-7-5-6-14(11-16)21-19(23)10-13(2)3/h5-12,22H,4H2,1-3H3,(H,21,23). The second kappa shape index (κ2) is 9.05. The van der Waals surface area contributed by atoms with Crippen molar-refractivity contribution in [2.75, 3.05) is 16.6 Å². The summed E-state index contributed by atoms with van der Waals surface area (Å²) in [6.07, 6.45) is 1.44. The lowest BCUT2D eigenvalue weighted by molar-refractivity contribution is -0.111. The van der Waals surface area contributed by atoms with Crippen LogP contribution >= 0.6 is 15.9 Å². The van der Waals surface area contributed by atoms with Gasteiger partial charge in [-0.1, -0.05) is 11.6 Å². The van der Waals surface area contributed by atoms with Crippen molar-refractivity contribution in [1.82, 2.24) is 0 Å². The molecule has 0 spiro atoms. The van der Waals surface area contributed by atoms with E-state index in [-0.39, 0.29) is 10.8 Å². The van der Waals surface area contributed by atoms with E-state index in [0.29, 0.717) is 28.2 Å². The minimum atomic E-state index is -3.81. The van der Waals surface area contributed by atoms with Crippen LogP contribution in [-0.2, 0) is 14.8 Å². The Kier molecular flexibility index (Phi) is 7.04. The summed E-state index contributed by atoms with van der Waals surface area (Å²) < 4.78 is 33.9. The molecule has 2 rings (SSSR count). The van der Waals surface area contributed by atoms with Gasteiger partial charge in [0.25, 0.3) is 10.0 Å². The third kappa shape index (κ3) is 6.11. The second-order valence-corrected chi connectivity index (χ2v) is 8.46. The number of amides is 1. The minimum absolute atomic E-state index is 0.0440. The van der Waals surface area contributed by atoms with Gasteiger partial charge in [0.05, 0.1) is 21.7 Å². The van der Waals surface area contributed by atoms with Crippen LogP contribution in [0.5, 0.6) is 5.75 Å². The summed E-state index contributed by atoms with van der Waals surface area (Å²) in [6.45, 7) is 5.99. The van der Waals surface area contributed by atoms with Crippen LogP contribution in [0.3, 0.4) is 0 Å². The van der Waals surface area contributed by atoms with Gasteiger partial charge in [-0.3, -0.25) is 9.52 Å². The van der Waals surface area contributed by atoms with Crippen LogP contribution in [-0.4, -0.2) is 20.9 Å². The van der Waals surface area contributed by atoms with Crippen LogP contribution in [0.15, 0.2) is 63.5 Å². The lowest BCUT2D eigenvalue weighted by Gasteiger charge is -2.12. The quantitative estimate of drug-likeness (QED) is 0.603. The Balaban J connectivity index is 2.21. The molecule has 0 aliphatic rings. The molecule has 27 heavy (non-hydrogen) atoms. The molecule has 0 aromatic heterocycles. The Bertz CT molecular complexity index is 967. The minimum Gasteiger partial charge on any atom is -0.493 e. The molecular weight excluding hydrogens is 432 g/mol. The predicted molar refractivity (Wildman–Crippen MR) is 111 cm³/mol. The van der Waals surface area contributed by atoms with Crippen molar-refractivity contribution >= 4 is 43.2 Å². The fourth-order valence-corrected chi connectivity index (χ4v) is 3.82. The molecule has 0 atom stereocenters. The summed E-state index contributed by atoms with van der Waals surface area (Å²) in [7, 11) is -3.81. The summed E-state index contributed by atoms with van der Waals surface area (Å²) >= 11 is 3.36. The van der Waals surface area contributed by atoms with Crippen LogP contribution in [0.4, 0.5) is 11.4 Å². The topological polar surface area (TPSA) is 84.5 Å². The first-order valence-electron chi connectivity index (χ1n) is 8.22. The molecule has 0 saturated heterocycles. The zero-order valence-electron chi connectivity index (χ0n) is 15.2. The van der Waals surface area contributed by atoms with Gasteiger partial charge in [0.1, 0.15) is 5.75 Å². The van der Waals surface area contributed by atoms with Crippen LogP contribution in [0, 0.1) is 0 Å². The van der Waals surface area contributed by atoms with Gasteiger partial charge in [-0.25, -0.2) is 8.42 Å². The highest BCUT2D eigenvalue weighted by atomic mass is 79.9. The van der Waals surface area contributed by atoms with Gasteiger partial charge in [0.15, 0.2) is 0 Å². The van der Waals surface area contributed by atoms with Gasteiger partial charge in [-0.05, 0) is 73.1 Å². The molecule has 0 aliphatic carbocycles. The first-order chi connectivity index (χ1) is 12.7. The number of nitrogens with one attached hydrogen (secondary N) is 2. The van der Waals surface area contributed by atoms with E-state index in [0.717, 1.165) is 5.57 Å². The summed E-state index contributed by atoms with van der Waals surface area (Å²) in [4.78, 5) is 11.9. The molecule has 8 heteroatoms. The van der Waals surface area contributed by atoms with Crippen molar-refractivity contribution in [2.45, 2.75) is 25.7 Å². The predicted octanol–water partition coefficient (Wildman–Crippen LogP) is 4.55. The van der Waals surface area contributed by atoms with E-state index in [2.05, 4.69) is 26.0 Å². The first kappa shape index (κ1) is 21.0. The van der Waals surface area contributed by atoms with Crippen molar-refractivity contribution in [2.24, 2.45) is 0 Å². The number of ether oxygens (including phenoxy) is 1. The molecule has 0 heterocycles. The molecule has 0 aliphatic heterocycles. The number of anilines is 2. The van der Waals surface area contributed by atoms with Gasteiger partial charge in [0.2, 0.25) is 5.91 Å². The number of rotatable bonds is 7. The van der Waals surface area contributed by atoms with E-state index < -0.39 is 10.0 Å². The van der Waals surface area contributed by atoms with E-state index in [1.165, 1.54) is 18.2 Å². The van der Waals surface area contributed by atoms with Crippen molar-refractivity contribution in [3.8, 4) is 5.75 Å². The number of halogens is 1. The molecule has 0 radical (unpaired) electrons. The highest BCUT2D eigenvalue weighted by molar-refractivity contribution is 9.10. The van der Waals surface area contributed by atoms with Gasteiger partial charge in [-0.2, -0.15) is 0 Å². The Morgan fingerprint density at radius 1 is 1.15 bits per heavy atom. The largest absolute Gasteiger partial charge is 0.493 e. The number of carbonyl (C=O) groups is 1. The summed E-state index contributed by atoms with van der Waals surface area (Å²) in [5, 5.41) is 2.65. The molecule has 0 fully saturated rings. The molecule has 2 aromatic rings. The zero-order valence-corrected chi connectivity index (χ0v) is 17.6. The van der Waals surface area contributed by atoms with E-state index in [1.54, 1.807) is 44.2 Å². The number of allylic oxidation sites excluding steroid dienone is 1. The van der Waals surface area contributed by atoms with Gasteiger partial charge in [0, 0.05) is 11.8 Å². The molecule has 1 amide bonds. The van der Waals surface area contributed by atoms with Crippen molar-refractivity contribution in [3.05, 3.63) is 58.6 Å². The summed E-state index contributed by atoms with van der Waals surface area (Å²) in [5.41, 5.74) is 1.64. The second-order valence-electron chi connectivity index (χ2n) is 5.92. The van der Waals surface area contributed by atoms with E-state index >= 15 is 0 Å². The van der Waals surface area contributed by atoms with Crippen molar-refractivity contribution in [1.29, 1.82) is 0 Å². The average molecular weight is 453 g/mol. The Labute approximate surface area is 167 Å². The number of hydrogen-bond acceptors (Lipinski definition) is 4. The highest BCUT2D eigenvalue weighted by Gasteiger charge is 2.16. The highest BCUT2D eigenvalue weighted by Crippen LogP contribution is 2.29. The SMILES string of the molecule is CCOc1ccc(NS(=O)(=O)c2cccc(NC(=O)C=C(C)C)c2)cc1Br. The molecule has 2 aromatic carbocycles.